The molecule has 7 nitrogen and oxygen atoms in total. The fourth-order valence-electron chi connectivity index (χ4n) is 1.86. The topological polar surface area (TPSA) is 103 Å². The summed E-state index contributed by atoms with van der Waals surface area (Å²) in [5.41, 5.74) is 6.54. The lowest BCUT2D eigenvalue weighted by molar-refractivity contribution is -0.137. The molecule has 1 atom stereocenters. The minimum atomic E-state index is -1.03. The number of carbonyl (C=O) groups excluding carboxylic acids is 2. The van der Waals surface area contributed by atoms with Gasteiger partial charge in [-0.25, -0.2) is 9.59 Å². The van der Waals surface area contributed by atoms with Gasteiger partial charge in [-0.2, -0.15) is 0 Å². The van der Waals surface area contributed by atoms with Gasteiger partial charge in [0.05, 0.1) is 0 Å². The molecule has 0 bridgehead atoms. The number of benzene rings is 1. The molecule has 1 aliphatic rings. The standard InChI is InChI=1S/C17H21N3O4/c1-4-17(2,3)24-16(22)23-15(21)13-9-10-19-14(20-13)11-5-7-12(18)8-6-11/h5-10,14,20H,4,18H2,1-3H3. The van der Waals surface area contributed by atoms with Crippen LogP contribution in [-0.4, -0.2) is 23.9 Å². The van der Waals surface area contributed by atoms with Crippen LogP contribution in [0.1, 0.15) is 38.9 Å². The number of carbonyl (C=O) groups is 2. The van der Waals surface area contributed by atoms with Crippen molar-refractivity contribution in [2.45, 2.75) is 39.0 Å². The average Bonchev–Trinajstić information content (AvgIpc) is 2.55. The van der Waals surface area contributed by atoms with Gasteiger partial charge >= 0.3 is 12.1 Å². The number of hydrogen-bond donors (Lipinski definition) is 2. The van der Waals surface area contributed by atoms with Crippen molar-refractivity contribution in [3.63, 3.8) is 0 Å². The molecular weight excluding hydrogens is 310 g/mol. The highest BCUT2D eigenvalue weighted by Crippen LogP contribution is 2.20. The van der Waals surface area contributed by atoms with E-state index in [0.717, 1.165) is 5.56 Å². The third-order valence-electron chi connectivity index (χ3n) is 3.63. The molecule has 24 heavy (non-hydrogen) atoms. The lowest BCUT2D eigenvalue weighted by Gasteiger charge is -2.23. The van der Waals surface area contributed by atoms with E-state index in [0.29, 0.717) is 12.1 Å². The summed E-state index contributed by atoms with van der Waals surface area (Å²) in [6.07, 6.45) is 2.04. The van der Waals surface area contributed by atoms with Gasteiger partial charge in [-0.3, -0.25) is 4.99 Å². The number of hydrogen-bond acceptors (Lipinski definition) is 7. The van der Waals surface area contributed by atoms with E-state index in [1.807, 2.05) is 6.92 Å². The molecule has 1 unspecified atom stereocenters. The highest BCUT2D eigenvalue weighted by Gasteiger charge is 2.26. The molecule has 1 aliphatic heterocycles. The van der Waals surface area contributed by atoms with E-state index < -0.39 is 23.9 Å². The molecule has 0 aromatic heterocycles. The van der Waals surface area contributed by atoms with Gasteiger partial charge in [-0.15, -0.1) is 0 Å². The number of nitrogens with two attached hydrogens (primary N) is 1. The van der Waals surface area contributed by atoms with Crippen LogP contribution in [0, 0.1) is 0 Å². The van der Waals surface area contributed by atoms with Crippen molar-refractivity contribution in [1.29, 1.82) is 0 Å². The third-order valence-corrected chi connectivity index (χ3v) is 3.63. The van der Waals surface area contributed by atoms with Gasteiger partial charge in [0.25, 0.3) is 0 Å². The van der Waals surface area contributed by atoms with Gasteiger partial charge in [0.1, 0.15) is 17.5 Å². The Hall–Kier alpha value is -2.83. The quantitative estimate of drug-likeness (QED) is 0.499. The number of aliphatic imine (C=N–C) groups is 1. The van der Waals surface area contributed by atoms with E-state index in [9.17, 15) is 9.59 Å². The van der Waals surface area contributed by atoms with Crippen molar-refractivity contribution in [1.82, 2.24) is 5.32 Å². The van der Waals surface area contributed by atoms with Crippen LogP contribution in [0.4, 0.5) is 10.5 Å². The van der Waals surface area contributed by atoms with Gasteiger partial charge in [0, 0.05) is 11.9 Å². The second-order valence-corrected chi connectivity index (χ2v) is 5.95. The molecule has 1 heterocycles. The molecule has 128 valence electrons. The number of allylic oxidation sites excluding steroid dienone is 1. The van der Waals surface area contributed by atoms with Gasteiger partial charge in [0.2, 0.25) is 0 Å². The van der Waals surface area contributed by atoms with Crippen molar-refractivity contribution in [2.24, 2.45) is 4.99 Å². The zero-order valence-corrected chi connectivity index (χ0v) is 13.9. The van der Waals surface area contributed by atoms with Gasteiger partial charge in [-0.1, -0.05) is 19.1 Å². The second-order valence-electron chi connectivity index (χ2n) is 5.95. The summed E-state index contributed by atoms with van der Waals surface area (Å²) in [6.45, 7) is 5.34. The molecule has 0 saturated heterocycles. The minimum absolute atomic E-state index is 0.123. The van der Waals surface area contributed by atoms with E-state index >= 15 is 0 Å². The Morgan fingerprint density at radius 1 is 1.29 bits per heavy atom. The largest absolute Gasteiger partial charge is 0.516 e. The summed E-state index contributed by atoms with van der Waals surface area (Å²) in [5, 5.41) is 2.91. The van der Waals surface area contributed by atoms with E-state index in [2.05, 4.69) is 10.3 Å². The number of anilines is 1. The average molecular weight is 331 g/mol. The van der Waals surface area contributed by atoms with Crippen LogP contribution in [0.15, 0.2) is 41.0 Å². The zero-order chi connectivity index (χ0) is 17.7. The predicted octanol–water partition coefficient (Wildman–Crippen LogP) is 2.69. The van der Waals surface area contributed by atoms with Crippen molar-refractivity contribution in [3.8, 4) is 0 Å². The first-order valence-corrected chi connectivity index (χ1v) is 7.61. The molecule has 0 amide bonds. The summed E-state index contributed by atoms with van der Waals surface area (Å²) in [7, 11) is 0. The van der Waals surface area contributed by atoms with Crippen LogP contribution in [0.3, 0.4) is 0 Å². The number of ether oxygens (including phenoxy) is 2. The molecule has 1 aromatic carbocycles. The number of nitrogens with zero attached hydrogens (tertiary/aromatic N) is 1. The van der Waals surface area contributed by atoms with Crippen LogP contribution < -0.4 is 11.1 Å². The smallest absolute Gasteiger partial charge is 0.428 e. The van der Waals surface area contributed by atoms with Crippen LogP contribution in [0.2, 0.25) is 0 Å². The third kappa shape index (κ3) is 4.58. The Morgan fingerprint density at radius 3 is 2.58 bits per heavy atom. The van der Waals surface area contributed by atoms with Crippen molar-refractivity contribution < 1.29 is 19.1 Å². The van der Waals surface area contributed by atoms with E-state index in [4.69, 9.17) is 15.2 Å². The number of esters is 1. The molecule has 0 saturated carbocycles. The summed E-state index contributed by atoms with van der Waals surface area (Å²) in [4.78, 5) is 28.0. The molecule has 0 spiro atoms. The Labute approximate surface area is 140 Å². The lowest BCUT2D eigenvalue weighted by Crippen LogP contribution is -2.32. The van der Waals surface area contributed by atoms with Gasteiger partial charge < -0.3 is 20.5 Å². The summed E-state index contributed by atoms with van der Waals surface area (Å²) < 4.78 is 9.81. The molecule has 0 radical (unpaired) electrons. The molecule has 2 rings (SSSR count). The summed E-state index contributed by atoms with van der Waals surface area (Å²) in [5.74, 6) is -0.821. The first-order valence-electron chi connectivity index (χ1n) is 7.61. The van der Waals surface area contributed by atoms with E-state index in [-0.39, 0.29) is 5.70 Å². The molecular formula is C17H21N3O4. The highest BCUT2D eigenvalue weighted by molar-refractivity contribution is 5.98. The molecule has 0 fully saturated rings. The predicted molar refractivity (Wildman–Crippen MR) is 90.2 cm³/mol. The SMILES string of the molecule is CCC(C)(C)OC(=O)OC(=O)C1=CC=NC(c2ccc(N)cc2)N1. The Kier molecular flexibility index (Phi) is 5.23. The lowest BCUT2D eigenvalue weighted by atomic mass is 10.1. The van der Waals surface area contributed by atoms with Crippen LogP contribution in [0.25, 0.3) is 0 Å². The fourth-order valence-corrected chi connectivity index (χ4v) is 1.86. The monoisotopic (exact) mass is 331 g/mol. The first kappa shape index (κ1) is 17.5. The second kappa shape index (κ2) is 7.16. The maximum atomic E-state index is 12.1. The first-order chi connectivity index (χ1) is 11.3. The Bertz CT molecular complexity index is 678. The number of rotatable bonds is 4. The van der Waals surface area contributed by atoms with E-state index in [1.54, 1.807) is 38.1 Å². The summed E-state index contributed by atoms with van der Waals surface area (Å²) >= 11 is 0. The number of nitrogen functional groups attached to an aromatic ring is 1. The van der Waals surface area contributed by atoms with Crippen molar-refractivity contribution in [3.05, 3.63) is 41.6 Å². The maximum Gasteiger partial charge on any atom is 0.516 e. The molecule has 3 N–H and O–H groups in total. The van der Waals surface area contributed by atoms with Crippen molar-refractivity contribution >= 4 is 24.0 Å². The van der Waals surface area contributed by atoms with Crippen LogP contribution in [0.5, 0.6) is 0 Å². The van der Waals surface area contributed by atoms with Crippen LogP contribution in [-0.2, 0) is 14.3 Å². The highest BCUT2D eigenvalue weighted by atomic mass is 16.7. The maximum absolute atomic E-state index is 12.1. The van der Waals surface area contributed by atoms with Gasteiger partial charge in [-0.05, 0) is 44.0 Å². The van der Waals surface area contributed by atoms with E-state index in [1.165, 1.54) is 12.3 Å². The zero-order valence-electron chi connectivity index (χ0n) is 13.9. The minimum Gasteiger partial charge on any atom is -0.428 e. The van der Waals surface area contributed by atoms with Crippen LogP contribution >= 0.6 is 0 Å². The summed E-state index contributed by atoms with van der Waals surface area (Å²) in [6, 6.07) is 7.09. The molecule has 7 heteroatoms. The Balaban J connectivity index is 1.98. The fraction of sp³-hybridized carbons (Fsp3) is 0.353. The molecule has 0 aliphatic carbocycles. The number of nitrogens with one attached hydrogen (secondary N) is 1. The Morgan fingerprint density at radius 2 is 1.96 bits per heavy atom. The van der Waals surface area contributed by atoms with Gasteiger partial charge in [0.15, 0.2) is 0 Å². The molecule has 1 aromatic rings. The normalized spacial score (nSPS) is 16.8. The van der Waals surface area contributed by atoms with Crippen molar-refractivity contribution in [2.75, 3.05) is 5.73 Å².